The van der Waals surface area contributed by atoms with E-state index in [0.29, 0.717) is 36.6 Å². The van der Waals surface area contributed by atoms with E-state index >= 15 is 0 Å². The quantitative estimate of drug-likeness (QED) is 0.415. The number of nitrogens with zero attached hydrogens (tertiary/aromatic N) is 3. The van der Waals surface area contributed by atoms with Crippen molar-refractivity contribution >= 4 is 29.2 Å². The van der Waals surface area contributed by atoms with Crippen LogP contribution < -0.4 is 15.2 Å². The summed E-state index contributed by atoms with van der Waals surface area (Å²) in [6.07, 6.45) is 1.79. The first kappa shape index (κ1) is 26.2. The van der Waals surface area contributed by atoms with Crippen LogP contribution in [0.4, 0.5) is 5.69 Å². The molecule has 36 heavy (non-hydrogen) atoms. The van der Waals surface area contributed by atoms with Crippen LogP contribution in [0.25, 0.3) is 0 Å². The Morgan fingerprint density at radius 2 is 1.67 bits per heavy atom. The zero-order valence-electron chi connectivity index (χ0n) is 20.2. The highest BCUT2D eigenvalue weighted by Crippen LogP contribution is 2.37. The van der Waals surface area contributed by atoms with Crippen molar-refractivity contribution in [3.8, 4) is 11.5 Å². The maximum atomic E-state index is 12.9. The fourth-order valence-electron chi connectivity index (χ4n) is 3.68. The maximum absolute atomic E-state index is 12.9. The van der Waals surface area contributed by atoms with Crippen molar-refractivity contribution < 1.29 is 34.1 Å². The number of fused-ring (bicyclic) bond motifs is 2. The Balaban J connectivity index is 0.000000392. The molecule has 4 N–H and O–H groups in total. The zero-order valence-corrected chi connectivity index (χ0v) is 20.2. The molecule has 2 aromatic rings. The van der Waals surface area contributed by atoms with Crippen molar-refractivity contribution in [3.05, 3.63) is 65.2 Å². The van der Waals surface area contributed by atoms with Gasteiger partial charge < -0.3 is 30.3 Å². The minimum Gasteiger partial charge on any atom is -0.478 e. The minimum absolute atomic E-state index is 0.0432. The van der Waals surface area contributed by atoms with E-state index in [-0.39, 0.29) is 18.7 Å². The van der Waals surface area contributed by atoms with E-state index in [4.69, 9.17) is 30.5 Å². The summed E-state index contributed by atoms with van der Waals surface area (Å²) in [7, 11) is 3.75. The predicted molar refractivity (Wildman–Crippen MR) is 132 cm³/mol. The fraction of sp³-hybridized carbons (Fsp3) is 0.280. The van der Waals surface area contributed by atoms with E-state index in [9.17, 15) is 14.4 Å². The molecule has 1 amide bonds. The van der Waals surface area contributed by atoms with Gasteiger partial charge in [0, 0.05) is 29.0 Å². The summed E-state index contributed by atoms with van der Waals surface area (Å²) in [6, 6.07) is 11.4. The molecule has 2 heterocycles. The number of aliphatic carboxylic acids is 2. The van der Waals surface area contributed by atoms with Gasteiger partial charge in [0.25, 0.3) is 5.91 Å². The van der Waals surface area contributed by atoms with Crippen molar-refractivity contribution in [3.63, 3.8) is 0 Å². The van der Waals surface area contributed by atoms with Gasteiger partial charge in [0.1, 0.15) is 0 Å². The van der Waals surface area contributed by atoms with Crippen molar-refractivity contribution in [2.24, 2.45) is 5.10 Å². The van der Waals surface area contributed by atoms with E-state index < -0.39 is 11.9 Å². The van der Waals surface area contributed by atoms with Crippen LogP contribution in [0.1, 0.15) is 23.6 Å². The lowest BCUT2D eigenvalue weighted by atomic mass is 9.94. The van der Waals surface area contributed by atoms with Crippen LogP contribution in [0, 0.1) is 0 Å². The van der Waals surface area contributed by atoms with Gasteiger partial charge in [-0.05, 0) is 57.3 Å². The van der Waals surface area contributed by atoms with Crippen molar-refractivity contribution in [2.75, 3.05) is 33.2 Å². The van der Waals surface area contributed by atoms with Gasteiger partial charge in [-0.1, -0.05) is 12.1 Å². The Kier molecular flexibility index (Phi) is 8.28. The Morgan fingerprint density at radius 1 is 1.08 bits per heavy atom. The first-order chi connectivity index (χ1) is 17.0. The zero-order chi connectivity index (χ0) is 26.4. The fourth-order valence-corrected chi connectivity index (χ4v) is 3.68. The van der Waals surface area contributed by atoms with Gasteiger partial charge in [-0.15, -0.1) is 0 Å². The van der Waals surface area contributed by atoms with Crippen LogP contribution in [0.5, 0.6) is 11.5 Å². The molecule has 0 radical (unpaired) electrons. The largest absolute Gasteiger partial charge is 0.478 e. The molecule has 2 aliphatic rings. The molecule has 2 aromatic carbocycles. The summed E-state index contributed by atoms with van der Waals surface area (Å²) in [6.45, 7) is 2.52. The number of carboxylic acids is 2. The molecule has 0 spiro atoms. The number of nitrogens with two attached hydrogens (primary N) is 1. The molecule has 0 bridgehead atoms. The Bertz CT molecular complexity index is 1190. The second-order valence-electron chi connectivity index (χ2n) is 8.47. The number of ether oxygens (including phenoxy) is 2. The third kappa shape index (κ3) is 6.60. The van der Waals surface area contributed by atoms with Gasteiger partial charge in [-0.2, -0.15) is 5.10 Å². The molecule has 1 unspecified atom stereocenters. The average Bonchev–Trinajstić information content (AvgIpc) is 3.20. The number of rotatable bonds is 5. The van der Waals surface area contributed by atoms with Gasteiger partial charge in [0.05, 0.1) is 18.3 Å². The number of anilines is 1. The van der Waals surface area contributed by atoms with Gasteiger partial charge in [-0.3, -0.25) is 4.79 Å². The Morgan fingerprint density at radius 3 is 2.22 bits per heavy atom. The highest BCUT2D eigenvalue weighted by atomic mass is 16.7. The maximum Gasteiger partial charge on any atom is 0.328 e. The monoisotopic (exact) mass is 496 g/mol. The van der Waals surface area contributed by atoms with Gasteiger partial charge in [0.2, 0.25) is 6.79 Å². The molecule has 0 aliphatic carbocycles. The molecule has 2 aliphatic heterocycles. The number of hydrogen-bond acceptors (Lipinski definition) is 8. The van der Waals surface area contributed by atoms with E-state index in [1.54, 1.807) is 5.01 Å². The van der Waals surface area contributed by atoms with Crippen molar-refractivity contribution in [2.45, 2.75) is 19.4 Å². The molecule has 0 saturated heterocycles. The molecular weight excluding hydrogens is 468 g/mol. The number of carbonyl (C=O) groups is 3. The number of hydrogen-bond donors (Lipinski definition) is 3. The number of nitrogen functional groups attached to an aromatic ring is 1. The molecule has 4 rings (SSSR count). The summed E-state index contributed by atoms with van der Waals surface area (Å²) in [5, 5.41) is 22.0. The van der Waals surface area contributed by atoms with Crippen LogP contribution in [0.15, 0.2) is 53.7 Å². The topological polar surface area (TPSA) is 155 Å². The smallest absolute Gasteiger partial charge is 0.328 e. The second-order valence-corrected chi connectivity index (χ2v) is 8.47. The van der Waals surface area contributed by atoms with Gasteiger partial charge >= 0.3 is 11.9 Å². The van der Waals surface area contributed by atoms with Crippen LogP contribution in [-0.4, -0.2) is 77.2 Å². The Labute approximate surface area is 208 Å². The van der Waals surface area contributed by atoms with Gasteiger partial charge in [-0.25, -0.2) is 14.6 Å². The van der Waals surface area contributed by atoms with E-state index in [0.717, 1.165) is 28.2 Å². The highest BCUT2D eigenvalue weighted by molar-refractivity contribution is 6.14. The molecule has 0 saturated carbocycles. The average molecular weight is 497 g/mol. The van der Waals surface area contributed by atoms with Crippen molar-refractivity contribution in [1.29, 1.82) is 0 Å². The number of carboxylic acid groups (broad SMARTS) is 2. The molecule has 0 aromatic heterocycles. The first-order valence-corrected chi connectivity index (χ1v) is 11.0. The van der Waals surface area contributed by atoms with Crippen LogP contribution in [0.2, 0.25) is 0 Å². The van der Waals surface area contributed by atoms with Crippen LogP contribution >= 0.6 is 0 Å². The van der Waals surface area contributed by atoms with E-state index in [1.165, 1.54) is 0 Å². The summed E-state index contributed by atoms with van der Waals surface area (Å²) in [5.74, 6) is -1.13. The van der Waals surface area contributed by atoms with Crippen LogP contribution in [0.3, 0.4) is 0 Å². The predicted octanol–water partition coefficient (Wildman–Crippen LogP) is 1.80. The Hall–Kier alpha value is -4.38. The highest BCUT2D eigenvalue weighted by Gasteiger charge is 2.29. The molecule has 11 nitrogen and oxygen atoms in total. The molecule has 1 atom stereocenters. The third-order valence-electron chi connectivity index (χ3n) is 5.25. The SMILES string of the molecule is CC1Cc2cc3c(cc2C(c2ccc(N)cc2)=NN1C(=O)CN(C)C)OCO3.O=C(O)C=CC(=O)O. The van der Waals surface area contributed by atoms with E-state index in [1.807, 2.05) is 62.3 Å². The normalized spacial score (nSPS) is 16.1. The first-order valence-electron chi connectivity index (χ1n) is 11.0. The molecule has 11 heteroatoms. The summed E-state index contributed by atoms with van der Waals surface area (Å²) >= 11 is 0. The van der Waals surface area contributed by atoms with Crippen molar-refractivity contribution in [1.82, 2.24) is 9.91 Å². The number of benzene rings is 2. The van der Waals surface area contributed by atoms with Crippen LogP contribution in [-0.2, 0) is 20.8 Å². The third-order valence-corrected chi connectivity index (χ3v) is 5.25. The lowest BCUT2D eigenvalue weighted by Gasteiger charge is -2.24. The summed E-state index contributed by atoms with van der Waals surface area (Å²) < 4.78 is 11.1. The molecular formula is C25H28N4O7. The number of carbonyl (C=O) groups excluding carboxylic acids is 1. The molecule has 190 valence electrons. The number of amides is 1. The van der Waals surface area contributed by atoms with E-state index in [2.05, 4.69) is 0 Å². The number of likely N-dealkylation sites (N-methyl/N-ethyl adjacent to an activating group) is 1. The van der Waals surface area contributed by atoms with Gasteiger partial charge in [0.15, 0.2) is 11.5 Å². The minimum atomic E-state index is -1.26. The number of hydrazone groups is 1. The second kappa shape index (κ2) is 11.4. The standard InChI is InChI=1S/C21H24N4O3.C4H4O4/c1-13-8-15-9-18-19(28-12-27-18)10-17(15)21(14-4-6-16(22)7-5-14)23-25(13)20(26)11-24(2)3;5-3(6)1-2-4(7)8/h4-7,9-10,13H,8,11-12,22H2,1-3H3;1-2H,(H,5,6)(H,7,8). The summed E-state index contributed by atoms with van der Waals surface area (Å²) in [5.41, 5.74) is 10.2. The lowest BCUT2D eigenvalue weighted by molar-refractivity contribution is -0.134. The lowest BCUT2D eigenvalue weighted by Crippen LogP contribution is -2.40. The molecule has 0 fully saturated rings. The summed E-state index contributed by atoms with van der Waals surface area (Å²) in [4.78, 5) is 33.8.